The highest BCUT2D eigenvalue weighted by atomic mass is 16.4. The quantitative estimate of drug-likeness (QED) is 0.195. The number of oxime groups is 1. The zero-order valence-corrected chi connectivity index (χ0v) is 8.83. The van der Waals surface area contributed by atoms with Crippen molar-refractivity contribution in [2.45, 2.75) is 45.2 Å². The monoisotopic (exact) mass is 197 g/mol. The first-order chi connectivity index (χ1) is 6.69. The first-order valence-electron chi connectivity index (χ1n) is 4.86. The van der Waals surface area contributed by atoms with Crippen LogP contribution in [0.25, 0.3) is 0 Å². The number of hydrogen-bond acceptors (Lipinski definition) is 3. The minimum Gasteiger partial charge on any atom is -0.409 e. The van der Waals surface area contributed by atoms with E-state index in [2.05, 4.69) is 16.4 Å². The van der Waals surface area contributed by atoms with Crippen LogP contribution in [-0.2, 0) is 0 Å². The maximum Gasteiger partial charge on any atom is 0.156 e. The summed E-state index contributed by atoms with van der Waals surface area (Å²) in [6, 6.07) is 0.128. The maximum absolute atomic E-state index is 8.53. The second-order valence-electron chi connectivity index (χ2n) is 3.17. The van der Waals surface area contributed by atoms with Gasteiger partial charge in [-0.15, -0.1) is 12.3 Å². The van der Waals surface area contributed by atoms with Crippen LogP contribution in [0, 0.1) is 12.3 Å². The topological polar surface area (TPSA) is 70.6 Å². The highest BCUT2D eigenvalue weighted by Crippen LogP contribution is 2.01. The lowest BCUT2D eigenvalue weighted by Gasteiger charge is -2.21. The summed E-state index contributed by atoms with van der Waals surface area (Å²) in [6.07, 6.45) is 7.59. The molecular weight excluding hydrogens is 178 g/mol. The Morgan fingerprint density at radius 3 is 2.57 bits per heavy atom. The number of rotatable bonds is 6. The van der Waals surface area contributed by atoms with E-state index in [4.69, 9.17) is 17.4 Å². The van der Waals surface area contributed by atoms with Gasteiger partial charge in [0.2, 0.25) is 0 Å². The van der Waals surface area contributed by atoms with Gasteiger partial charge in [-0.05, 0) is 12.8 Å². The minimum atomic E-state index is -0.0988. The summed E-state index contributed by atoms with van der Waals surface area (Å²) >= 11 is 0. The normalized spacial score (nSPS) is 15.9. The van der Waals surface area contributed by atoms with Crippen molar-refractivity contribution in [2.24, 2.45) is 10.9 Å². The van der Waals surface area contributed by atoms with Gasteiger partial charge in [0, 0.05) is 12.5 Å². The molecule has 0 radical (unpaired) electrons. The summed E-state index contributed by atoms with van der Waals surface area (Å²) < 4.78 is 0. The molecule has 2 unspecified atom stereocenters. The molecule has 0 aliphatic heterocycles. The van der Waals surface area contributed by atoms with Crippen molar-refractivity contribution in [3.05, 3.63) is 0 Å². The van der Waals surface area contributed by atoms with Gasteiger partial charge >= 0.3 is 0 Å². The second-order valence-corrected chi connectivity index (χ2v) is 3.17. The van der Waals surface area contributed by atoms with Gasteiger partial charge in [-0.2, -0.15) is 0 Å². The molecule has 0 aliphatic rings. The number of nitrogens with two attached hydrogens (primary N) is 1. The molecule has 0 bridgehead atoms. The molecule has 4 nitrogen and oxygen atoms in total. The van der Waals surface area contributed by atoms with E-state index < -0.39 is 0 Å². The van der Waals surface area contributed by atoms with Gasteiger partial charge in [-0.25, -0.2) is 0 Å². The number of nitrogens with zero attached hydrogens (tertiary/aromatic N) is 1. The van der Waals surface area contributed by atoms with Gasteiger partial charge in [0.25, 0.3) is 0 Å². The number of amidine groups is 1. The fraction of sp³-hybridized carbons (Fsp3) is 0.700. The van der Waals surface area contributed by atoms with Gasteiger partial charge in [0.05, 0.1) is 6.04 Å². The molecule has 80 valence electrons. The minimum absolute atomic E-state index is 0.0988. The van der Waals surface area contributed by atoms with Crippen LogP contribution in [-0.4, -0.2) is 23.1 Å². The molecule has 0 rings (SSSR count). The molecule has 0 aromatic heterocycles. The SMILES string of the molecule is C#CCC(CC)NC(CC)C(N)=NO. The van der Waals surface area contributed by atoms with Crippen LogP contribution in [0.4, 0.5) is 0 Å². The molecule has 4 heteroatoms. The molecule has 0 aliphatic carbocycles. The van der Waals surface area contributed by atoms with Gasteiger partial charge in [0.1, 0.15) is 0 Å². The van der Waals surface area contributed by atoms with Crippen LogP contribution in [0.2, 0.25) is 0 Å². The van der Waals surface area contributed by atoms with E-state index in [0.717, 1.165) is 12.8 Å². The van der Waals surface area contributed by atoms with Crippen LogP contribution in [0.5, 0.6) is 0 Å². The lowest BCUT2D eigenvalue weighted by Crippen LogP contribution is -2.45. The number of hydrogen-bond donors (Lipinski definition) is 3. The van der Waals surface area contributed by atoms with Crippen molar-refractivity contribution in [3.63, 3.8) is 0 Å². The third-order valence-electron chi connectivity index (χ3n) is 2.17. The number of terminal acetylenes is 1. The molecule has 0 amide bonds. The van der Waals surface area contributed by atoms with E-state index in [1.54, 1.807) is 0 Å². The van der Waals surface area contributed by atoms with Gasteiger partial charge < -0.3 is 16.3 Å². The smallest absolute Gasteiger partial charge is 0.156 e. The molecule has 0 saturated heterocycles. The predicted octanol–water partition coefficient (Wildman–Crippen LogP) is 0.903. The highest BCUT2D eigenvalue weighted by Gasteiger charge is 2.15. The summed E-state index contributed by atoms with van der Waals surface area (Å²) in [4.78, 5) is 0. The van der Waals surface area contributed by atoms with Gasteiger partial charge in [-0.3, -0.25) is 0 Å². The highest BCUT2D eigenvalue weighted by molar-refractivity contribution is 5.85. The molecule has 0 spiro atoms. The van der Waals surface area contributed by atoms with Crippen molar-refractivity contribution in [2.75, 3.05) is 0 Å². The van der Waals surface area contributed by atoms with E-state index in [1.807, 2.05) is 13.8 Å². The average Bonchev–Trinajstić information content (AvgIpc) is 2.23. The largest absolute Gasteiger partial charge is 0.409 e. The first kappa shape index (κ1) is 12.8. The summed E-state index contributed by atoms with van der Waals surface area (Å²) in [6.45, 7) is 4.02. The van der Waals surface area contributed by atoms with Crippen LogP contribution < -0.4 is 11.1 Å². The molecule has 0 heterocycles. The molecular formula is C10H19N3O. The summed E-state index contributed by atoms with van der Waals surface area (Å²) in [5.74, 6) is 2.81. The molecule has 14 heavy (non-hydrogen) atoms. The maximum atomic E-state index is 8.53. The third-order valence-corrected chi connectivity index (χ3v) is 2.17. The lowest BCUT2D eigenvalue weighted by molar-refractivity contribution is 0.312. The Bertz CT molecular complexity index is 220. The molecule has 0 fully saturated rings. The average molecular weight is 197 g/mol. The number of nitrogens with one attached hydrogen (secondary N) is 1. The molecule has 4 N–H and O–H groups in total. The van der Waals surface area contributed by atoms with Crippen molar-refractivity contribution < 1.29 is 5.21 Å². The molecule has 2 atom stereocenters. The fourth-order valence-electron chi connectivity index (χ4n) is 1.23. The molecule has 0 aromatic carbocycles. The zero-order chi connectivity index (χ0) is 11.0. The van der Waals surface area contributed by atoms with E-state index in [0.29, 0.717) is 6.42 Å². The molecule has 0 aromatic rings. The summed E-state index contributed by atoms with van der Waals surface area (Å²) in [5.41, 5.74) is 5.51. The first-order valence-corrected chi connectivity index (χ1v) is 4.86. The van der Waals surface area contributed by atoms with Gasteiger partial charge in [-0.1, -0.05) is 19.0 Å². The van der Waals surface area contributed by atoms with Crippen LogP contribution in [0.1, 0.15) is 33.1 Å². The van der Waals surface area contributed by atoms with Crippen molar-refractivity contribution >= 4 is 5.84 Å². The van der Waals surface area contributed by atoms with Crippen LogP contribution in [0.15, 0.2) is 5.16 Å². The Morgan fingerprint density at radius 2 is 2.21 bits per heavy atom. The Labute approximate surface area is 85.6 Å². The van der Waals surface area contributed by atoms with Crippen LogP contribution in [0.3, 0.4) is 0 Å². The summed E-state index contributed by atoms with van der Waals surface area (Å²) in [7, 11) is 0. The van der Waals surface area contributed by atoms with Crippen molar-refractivity contribution in [1.82, 2.24) is 5.32 Å². The van der Waals surface area contributed by atoms with E-state index in [1.165, 1.54) is 0 Å². The summed E-state index contributed by atoms with van der Waals surface area (Å²) in [5, 5.41) is 14.8. The standard InChI is InChI=1S/C10H19N3O/c1-4-7-8(5-2)12-9(6-3)10(11)13-14/h1,8-9,12,14H,5-7H2,2-3H3,(H2,11,13). The fourth-order valence-corrected chi connectivity index (χ4v) is 1.23. The van der Waals surface area contributed by atoms with Crippen molar-refractivity contribution in [3.8, 4) is 12.3 Å². The Hall–Kier alpha value is -1.21. The van der Waals surface area contributed by atoms with Gasteiger partial charge in [0.15, 0.2) is 5.84 Å². The third kappa shape index (κ3) is 4.15. The van der Waals surface area contributed by atoms with Crippen molar-refractivity contribution in [1.29, 1.82) is 0 Å². The zero-order valence-electron chi connectivity index (χ0n) is 8.83. The second kappa shape index (κ2) is 7.22. The van der Waals surface area contributed by atoms with Crippen LogP contribution >= 0.6 is 0 Å². The Balaban J connectivity index is 4.22. The van der Waals surface area contributed by atoms with E-state index in [-0.39, 0.29) is 17.9 Å². The lowest BCUT2D eigenvalue weighted by atomic mass is 10.1. The molecule has 0 saturated carbocycles. The predicted molar refractivity (Wildman–Crippen MR) is 58.2 cm³/mol. The Morgan fingerprint density at radius 1 is 1.57 bits per heavy atom. The Kier molecular flexibility index (Phi) is 6.59. The van der Waals surface area contributed by atoms with E-state index >= 15 is 0 Å². The van der Waals surface area contributed by atoms with E-state index in [9.17, 15) is 0 Å².